The van der Waals surface area contributed by atoms with E-state index in [0.717, 1.165) is 18.4 Å². The molecule has 2 aliphatic rings. The molecule has 0 amide bonds. The van der Waals surface area contributed by atoms with Gasteiger partial charge in [0.2, 0.25) is 0 Å². The van der Waals surface area contributed by atoms with Gasteiger partial charge in [-0.3, -0.25) is 14.6 Å². The molecule has 122 valence electrons. The third-order valence-corrected chi connectivity index (χ3v) is 5.24. The summed E-state index contributed by atoms with van der Waals surface area (Å²) >= 11 is 0. The molecule has 3 nitrogen and oxygen atoms in total. The Labute approximate surface area is 138 Å². The van der Waals surface area contributed by atoms with Crippen LogP contribution in [0.5, 0.6) is 0 Å². The molecule has 1 aliphatic carbocycles. The Kier molecular flexibility index (Phi) is 3.78. The molecule has 1 aromatic rings. The predicted octanol–water partition coefficient (Wildman–Crippen LogP) is 3.77. The smallest absolute Gasteiger partial charge is 0.149 e. The minimum Gasteiger partial charge on any atom is -0.298 e. The van der Waals surface area contributed by atoms with E-state index in [4.69, 9.17) is 4.99 Å². The number of aliphatic imine (C=N–C) groups is 1. The fourth-order valence-electron chi connectivity index (χ4n) is 3.84. The van der Waals surface area contributed by atoms with Crippen molar-refractivity contribution in [2.45, 2.75) is 58.9 Å². The van der Waals surface area contributed by atoms with Crippen LogP contribution in [0, 0.1) is 11.3 Å². The summed E-state index contributed by atoms with van der Waals surface area (Å²) in [7, 11) is 0. The first-order chi connectivity index (χ1) is 10.7. The average molecular weight is 311 g/mol. The van der Waals surface area contributed by atoms with E-state index in [0.29, 0.717) is 18.6 Å². The van der Waals surface area contributed by atoms with Crippen LogP contribution < -0.4 is 0 Å². The number of fused-ring (bicyclic) bond motifs is 1. The summed E-state index contributed by atoms with van der Waals surface area (Å²) in [5, 5.41) is 0. The van der Waals surface area contributed by atoms with E-state index in [1.165, 1.54) is 5.56 Å². The predicted molar refractivity (Wildman–Crippen MR) is 91.9 cm³/mol. The molecule has 0 saturated heterocycles. The highest BCUT2D eigenvalue weighted by Crippen LogP contribution is 2.38. The van der Waals surface area contributed by atoms with Crippen molar-refractivity contribution in [1.29, 1.82) is 0 Å². The molecule has 0 N–H and O–H groups in total. The van der Waals surface area contributed by atoms with Crippen LogP contribution in [0.15, 0.2) is 29.3 Å². The summed E-state index contributed by atoms with van der Waals surface area (Å²) in [6.07, 6.45) is 2.66. The van der Waals surface area contributed by atoms with Crippen LogP contribution in [0.4, 0.5) is 0 Å². The Morgan fingerprint density at radius 2 is 1.65 bits per heavy atom. The number of nitrogens with zero attached hydrogens (tertiary/aromatic N) is 1. The second kappa shape index (κ2) is 5.40. The molecule has 1 fully saturated rings. The van der Waals surface area contributed by atoms with Crippen molar-refractivity contribution in [3.05, 3.63) is 35.4 Å². The number of ketones is 2. The molecule has 0 unspecified atom stereocenters. The number of hydrogen-bond acceptors (Lipinski definition) is 3. The van der Waals surface area contributed by atoms with E-state index < -0.39 is 5.92 Å². The zero-order chi connectivity index (χ0) is 16.8. The lowest BCUT2D eigenvalue weighted by Gasteiger charge is -2.37. The average Bonchev–Trinajstić information content (AvgIpc) is 2.45. The molecule has 0 spiro atoms. The lowest BCUT2D eigenvalue weighted by molar-refractivity contribution is -0.136. The summed E-state index contributed by atoms with van der Waals surface area (Å²) < 4.78 is 0. The van der Waals surface area contributed by atoms with E-state index in [1.54, 1.807) is 0 Å². The second-order valence-corrected chi connectivity index (χ2v) is 8.06. The zero-order valence-electron chi connectivity index (χ0n) is 14.5. The molecule has 0 radical (unpaired) electrons. The summed E-state index contributed by atoms with van der Waals surface area (Å²) in [5.41, 5.74) is 2.45. The van der Waals surface area contributed by atoms with Gasteiger partial charge in [0.05, 0.1) is 11.3 Å². The second-order valence-electron chi connectivity index (χ2n) is 8.06. The third-order valence-electron chi connectivity index (χ3n) is 5.24. The third kappa shape index (κ3) is 2.89. The van der Waals surface area contributed by atoms with Gasteiger partial charge in [-0.2, -0.15) is 0 Å². The van der Waals surface area contributed by atoms with Gasteiger partial charge in [-0.25, -0.2) is 0 Å². The van der Waals surface area contributed by atoms with Crippen molar-refractivity contribution in [3.8, 4) is 0 Å². The molecule has 3 heteroatoms. The molecule has 1 atom stereocenters. The highest BCUT2D eigenvalue weighted by atomic mass is 16.2. The molecule has 0 aromatic heterocycles. The topological polar surface area (TPSA) is 46.5 Å². The molecule has 1 aliphatic heterocycles. The van der Waals surface area contributed by atoms with Crippen molar-refractivity contribution < 1.29 is 9.59 Å². The normalized spacial score (nSPS) is 27.6. The van der Waals surface area contributed by atoms with Crippen molar-refractivity contribution in [1.82, 2.24) is 0 Å². The highest BCUT2D eigenvalue weighted by molar-refractivity contribution is 6.27. The van der Waals surface area contributed by atoms with Gasteiger partial charge in [-0.1, -0.05) is 45.0 Å². The van der Waals surface area contributed by atoms with Gasteiger partial charge in [0.15, 0.2) is 0 Å². The SMILES string of the molecule is CC[C@@]1(C)Cc2ccccc2C(C2C(=O)CC(C)(C)CC2=O)=N1. The van der Waals surface area contributed by atoms with Gasteiger partial charge < -0.3 is 0 Å². The summed E-state index contributed by atoms with van der Waals surface area (Å²) in [6, 6.07) is 8.08. The van der Waals surface area contributed by atoms with Gasteiger partial charge >= 0.3 is 0 Å². The van der Waals surface area contributed by atoms with Gasteiger partial charge in [0, 0.05) is 18.4 Å². The van der Waals surface area contributed by atoms with Gasteiger partial charge in [0.1, 0.15) is 17.5 Å². The van der Waals surface area contributed by atoms with E-state index in [1.807, 2.05) is 32.0 Å². The molecule has 3 rings (SSSR count). The lowest BCUT2D eigenvalue weighted by atomic mass is 9.68. The first-order valence-electron chi connectivity index (χ1n) is 8.48. The summed E-state index contributed by atoms with van der Waals surface area (Å²) in [4.78, 5) is 30.4. The summed E-state index contributed by atoms with van der Waals surface area (Å²) in [6.45, 7) is 8.21. The van der Waals surface area contributed by atoms with E-state index >= 15 is 0 Å². The maximum atomic E-state index is 12.7. The minimum absolute atomic E-state index is 0.0279. The van der Waals surface area contributed by atoms with Crippen LogP contribution in [0.2, 0.25) is 0 Å². The Hall–Kier alpha value is -1.77. The van der Waals surface area contributed by atoms with Crippen LogP contribution in [0.25, 0.3) is 0 Å². The number of rotatable bonds is 2. The maximum absolute atomic E-state index is 12.7. The van der Waals surface area contributed by atoms with E-state index in [9.17, 15) is 9.59 Å². The maximum Gasteiger partial charge on any atom is 0.149 e. The first kappa shape index (κ1) is 16.1. The number of benzene rings is 1. The lowest BCUT2D eigenvalue weighted by Crippen LogP contribution is -2.45. The minimum atomic E-state index is -0.671. The van der Waals surface area contributed by atoms with E-state index in [-0.39, 0.29) is 22.5 Å². The molecule has 0 bridgehead atoms. The number of Topliss-reactive ketones (excluding diaryl/α,β-unsaturated/α-hetero) is 2. The first-order valence-corrected chi connectivity index (χ1v) is 8.48. The van der Waals surface area contributed by atoms with Gasteiger partial charge in [-0.15, -0.1) is 0 Å². The van der Waals surface area contributed by atoms with Crippen molar-refractivity contribution in [3.63, 3.8) is 0 Å². The fraction of sp³-hybridized carbons (Fsp3) is 0.550. The number of carbonyl (C=O) groups is 2. The molecular formula is C20H25NO2. The fourth-order valence-corrected chi connectivity index (χ4v) is 3.84. The Morgan fingerprint density at radius 3 is 2.26 bits per heavy atom. The highest BCUT2D eigenvalue weighted by Gasteiger charge is 2.44. The van der Waals surface area contributed by atoms with Crippen molar-refractivity contribution in [2.24, 2.45) is 16.3 Å². The molecule has 23 heavy (non-hydrogen) atoms. The van der Waals surface area contributed by atoms with Crippen LogP contribution in [-0.2, 0) is 16.0 Å². The van der Waals surface area contributed by atoms with Gasteiger partial charge in [0.25, 0.3) is 0 Å². The summed E-state index contributed by atoms with van der Waals surface area (Å²) in [5.74, 6) is -0.615. The van der Waals surface area contributed by atoms with Crippen LogP contribution in [0.3, 0.4) is 0 Å². The van der Waals surface area contributed by atoms with Crippen molar-refractivity contribution in [2.75, 3.05) is 0 Å². The monoisotopic (exact) mass is 311 g/mol. The number of hydrogen-bond donors (Lipinski definition) is 0. The zero-order valence-corrected chi connectivity index (χ0v) is 14.5. The Morgan fingerprint density at radius 1 is 1.04 bits per heavy atom. The molecular weight excluding hydrogens is 286 g/mol. The number of carbonyl (C=O) groups excluding carboxylic acids is 2. The Bertz CT molecular complexity index is 681. The molecule has 1 heterocycles. The van der Waals surface area contributed by atoms with Gasteiger partial charge in [-0.05, 0) is 30.7 Å². The Balaban J connectivity index is 2.09. The van der Waals surface area contributed by atoms with Crippen LogP contribution >= 0.6 is 0 Å². The largest absolute Gasteiger partial charge is 0.298 e. The molecule has 1 saturated carbocycles. The molecule has 1 aromatic carbocycles. The quantitative estimate of drug-likeness (QED) is 0.780. The van der Waals surface area contributed by atoms with Crippen molar-refractivity contribution >= 4 is 17.3 Å². The van der Waals surface area contributed by atoms with E-state index in [2.05, 4.69) is 19.9 Å². The van der Waals surface area contributed by atoms with Crippen LogP contribution in [-0.4, -0.2) is 22.8 Å². The standard InChI is InChI=1S/C20H25NO2/c1-5-20(4)10-13-8-6-7-9-14(13)18(21-20)17-15(22)11-19(2,3)12-16(17)23/h6-9,17H,5,10-12H2,1-4H3/t20-/m0/s1. The van der Waals surface area contributed by atoms with Crippen LogP contribution in [0.1, 0.15) is 58.1 Å².